The van der Waals surface area contributed by atoms with Crippen molar-refractivity contribution in [2.45, 2.75) is 71.0 Å². The van der Waals surface area contributed by atoms with Crippen LogP contribution in [0.1, 0.15) is 54.4 Å². The highest BCUT2D eigenvalue weighted by Gasteiger charge is 2.32. The van der Waals surface area contributed by atoms with E-state index >= 15 is 0 Å². The van der Waals surface area contributed by atoms with Crippen LogP contribution in [0.4, 0.5) is 0 Å². The number of benzene rings is 3. The van der Waals surface area contributed by atoms with Gasteiger partial charge in [0.25, 0.3) is 5.91 Å². The summed E-state index contributed by atoms with van der Waals surface area (Å²) in [4.78, 5) is 29.4. The standard InChI is InChI=1S/C32H37BrN2O3/c1-23-16-17-24(2)30(18-23)38-22-31(36)35(21-26-12-9-13-27(33)19-26)29(20-25-10-5-3-6-11-25)32(37)34-28-14-7-4-8-15-28/h3,5-6,9-13,16-19,28-29H,4,7-8,14-15,20-22H2,1-2H3,(H,34,37)/t29-/m1/s1. The van der Waals surface area contributed by atoms with Gasteiger partial charge in [0.1, 0.15) is 11.8 Å². The zero-order chi connectivity index (χ0) is 26.9. The van der Waals surface area contributed by atoms with E-state index in [1.165, 1.54) is 6.42 Å². The first-order valence-electron chi connectivity index (χ1n) is 13.5. The molecule has 3 aromatic rings. The lowest BCUT2D eigenvalue weighted by atomic mass is 9.94. The van der Waals surface area contributed by atoms with Crippen LogP contribution in [0.2, 0.25) is 0 Å². The van der Waals surface area contributed by atoms with E-state index in [-0.39, 0.29) is 24.5 Å². The summed E-state index contributed by atoms with van der Waals surface area (Å²) < 4.78 is 6.95. The summed E-state index contributed by atoms with van der Waals surface area (Å²) in [6.45, 7) is 4.14. The molecule has 2 amide bonds. The molecule has 0 heterocycles. The van der Waals surface area contributed by atoms with Crippen molar-refractivity contribution in [3.8, 4) is 5.75 Å². The Kier molecular flexibility index (Phi) is 9.99. The van der Waals surface area contributed by atoms with Gasteiger partial charge < -0.3 is 15.0 Å². The number of carbonyl (C=O) groups is 2. The van der Waals surface area contributed by atoms with E-state index in [0.717, 1.165) is 52.4 Å². The van der Waals surface area contributed by atoms with Crippen molar-refractivity contribution in [1.29, 1.82) is 0 Å². The third-order valence-electron chi connectivity index (χ3n) is 7.16. The number of nitrogens with zero attached hydrogens (tertiary/aromatic N) is 1. The fraction of sp³-hybridized carbons (Fsp3) is 0.375. The molecule has 1 aliphatic carbocycles. The summed E-state index contributed by atoms with van der Waals surface area (Å²) in [7, 11) is 0. The van der Waals surface area contributed by atoms with Gasteiger partial charge in [-0.1, -0.05) is 89.8 Å². The maximum Gasteiger partial charge on any atom is 0.261 e. The summed E-state index contributed by atoms with van der Waals surface area (Å²) in [5.41, 5.74) is 4.00. The highest BCUT2D eigenvalue weighted by atomic mass is 79.9. The maximum atomic E-state index is 13.8. The van der Waals surface area contributed by atoms with Crippen LogP contribution in [0, 0.1) is 13.8 Å². The molecule has 38 heavy (non-hydrogen) atoms. The molecule has 0 spiro atoms. The number of carbonyl (C=O) groups excluding carboxylic acids is 2. The van der Waals surface area contributed by atoms with Crippen LogP contribution in [-0.4, -0.2) is 35.4 Å². The van der Waals surface area contributed by atoms with Gasteiger partial charge in [-0.05, 0) is 67.1 Å². The molecule has 1 saturated carbocycles. The van der Waals surface area contributed by atoms with E-state index in [0.29, 0.717) is 18.7 Å². The molecule has 0 bridgehead atoms. The van der Waals surface area contributed by atoms with Crippen molar-refractivity contribution in [3.63, 3.8) is 0 Å². The number of amides is 2. The summed E-state index contributed by atoms with van der Waals surface area (Å²) in [5, 5.41) is 3.28. The van der Waals surface area contributed by atoms with Gasteiger partial charge >= 0.3 is 0 Å². The van der Waals surface area contributed by atoms with Crippen molar-refractivity contribution in [3.05, 3.63) is 99.5 Å². The number of aryl methyl sites for hydroxylation is 2. The summed E-state index contributed by atoms with van der Waals surface area (Å²) in [5.74, 6) is 0.369. The Bertz CT molecular complexity index is 1220. The highest BCUT2D eigenvalue weighted by molar-refractivity contribution is 9.10. The number of rotatable bonds is 10. The Morgan fingerprint density at radius 2 is 1.68 bits per heavy atom. The fourth-order valence-corrected chi connectivity index (χ4v) is 5.46. The molecular weight excluding hydrogens is 540 g/mol. The molecule has 0 unspecified atom stereocenters. The SMILES string of the molecule is Cc1ccc(C)c(OCC(=O)N(Cc2cccc(Br)c2)[C@H](Cc2ccccc2)C(=O)NC2CCCCC2)c1. The number of halogens is 1. The second-order valence-corrected chi connectivity index (χ2v) is 11.2. The first-order chi connectivity index (χ1) is 18.4. The number of nitrogens with one attached hydrogen (secondary N) is 1. The topological polar surface area (TPSA) is 58.6 Å². The Morgan fingerprint density at radius 1 is 0.947 bits per heavy atom. The fourth-order valence-electron chi connectivity index (χ4n) is 5.02. The summed E-state index contributed by atoms with van der Waals surface area (Å²) >= 11 is 3.54. The number of hydrogen-bond acceptors (Lipinski definition) is 3. The predicted molar refractivity (Wildman–Crippen MR) is 155 cm³/mol. The minimum atomic E-state index is -0.659. The van der Waals surface area contributed by atoms with Crippen molar-refractivity contribution < 1.29 is 14.3 Å². The lowest BCUT2D eigenvalue weighted by molar-refractivity contribution is -0.143. The number of hydrogen-bond donors (Lipinski definition) is 1. The van der Waals surface area contributed by atoms with E-state index < -0.39 is 6.04 Å². The monoisotopic (exact) mass is 576 g/mol. The second-order valence-electron chi connectivity index (χ2n) is 10.3. The molecule has 4 rings (SSSR count). The molecule has 1 atom stereocenters. The van der Waals surface area contributed by atoms with Crippen molar-refractivity contribution in [2.75, 3.05) is 6.61 Å². The summed E-state index contributed by atoms with van der Waals surface area (Å²) in [6.07, 6.45) is 5.86. The van der Waals surface area contributed by atoms with Gasteiger partial charge in [0.2, 0.25) is 5.91 Å². The third-order valence-corrected chi connectivity index (χ3v) is 7.65. The smallest absolute Gasteiger partial charge is 0.261 e. The van der Waals surface area contributed by atoms with E-state index in [1.807, 2.05) is 86.6 Å². The predicted octanol–water partition coefficient (Wildman–Crippen LogP) is 6.53. The van der Waals surface area contributed by atoms with E-state index in [4.69, 9.17) is 4.74 Å². The molecular formula is C32H37BrN2O3. The van der Waals surface area contributed by atoms with Crippen LogP contribution in [0.3, 0.4) is 0 Å². The van der Waals surface area contributed by atoms with Gasteiger partial charge in [0.05, 0.1) is 0 Å². The van der Waals surface area contributed by atoms with E-state index in [2.05, 4.69) is 21.2 Å². The average molecular weight is 578 g/mol. The van der Waals surface area contributed by atoms with Gasteiger partial charge in [-0.15, -0.1) is 0 Å². The van der Waals surface area contributed by atoms with Crippen LogP contribution < -0.4 is 10.1 Å². The molecule has 0 saturated heterocycles. The number of ether oxygens (including phenoxy) is 1. The molecule has 0 aromatic heterocycles. The first-order valence-corrected chi connectivity index (χ1v) is 14.3. The van der Waals surface area contributed by atoms with Crippen LogP contribution in [0.25, 0.3) is 0 Å². The molecule has 200 valence electrons. The minimum Gasteiger partial charge on any atom is -0.483 e. The van der Waals surface area contributed by atoms with E-state index in [1.54, 1.807) is 4.90 Å². The molecule has 0 radical (unpaired) electrons. The zero-order valence-electron chi connectivity index (χ0n) is 22.3. The largest absolute Gasteiger partial charge is 0.483 e. The normalized spacial score (nSPS) is 14.5. The molecule has 0 aliphatic heterocycles. The average Bonchev–Trinajstić information content (AvgIpc) is 2.92. The van der Waals surface area contributed by atoms with Gasteiger partial charge in [-0.2, -0.15) is 0 Å². The Labute approximate surface area is 234 Å². The molecule has 3 aromatic carbocycles. The van der Waals surface area contributed by atoms with Gasteiger partial charge in [0, 0.05) is 23.5 Å². The first kappa shape index (κ1) is 27.9. The third kappa shape index (κ3) is 7.94. The zero-order valence-corrected chi connectivity index (χ0v) is 23.9. The highest BCUT2D eigenvalue weighted by Crippen LogP contribution is 2.22. The quantitative estimate of drug-likeness (QED) is 0.298. The maximum absolute atomic E-state index is 13.8. The van der Waals surface area contributed by atoms with Crippen LogP contribution >= 0.6 is 15.9 Å². The van der Waals surface area contributed by atoms with Crippen LogP contribution in [0.15, 0.2) is 77.3 Å². The molecule has 5 nitrogen and oxygen atoms in total. The van der Waals surface area contributed by atoms with Crippen molar-refractivity contribution in [2.24, 2.45) is 0 Å². The Balaban J connectivity index is 1.62. The van der Waals surface area contributed by atoms with Gasteiger partial charge in [0.15, 0.2) is 6.61 Å². The van der Waals surface area contributed by atoms with Crippen LogP contribution in [-0.2, 0) is 22.6 Å². The van der Waals surface area contributed by atoms with Gasteiger partial charge in [-0.3, -0.25) is 9.59 Å². The Morgan fingerprint density at radius 3 is 2.42 bits per heavy atom. The lowest BCUT2D eigenvalue weighted by Gasteiger charge is -2.33. The Hall–Kier alpha value is -3.12. The summed E-state index contributed by atoms with van der Waals surface area (Å²) in [6, 6.07) is 23.2. The minimum absolute atomic E-state index is 0.101. The van der Waals surface area contributed by atoms with Crippen molar-refractivity contribution in [1.82, 2.24) is 10.2 Å². The van der Waals surface area contributed by atoms with E-state index in [9.17, 15) is 9.59 Å². The lowest BCUT2D eigenvalue weighted by Crippen LogP contribution is -2.53. The molecule has 1 fully saturated rings. The van der Waals surface area contributed by atoms with Crippen molar-refractivity contribution >= 4 is 27.7 Å². The molecule has 6 heteroatoms. The second kappa shape index (κ2) is 13.6. The molecule has 1 aliphatic rings. The van der Waals surface area contributed by atoms with Crippen LogP contribution in [0.5, 0.6) is 5.75 Å². The molecule has 1 N–H and O–H groups in total. The van der Waals surface area contributed by atoms with Gasteiger partial charge in [-0.25, -0.2) is 0 Å².